The molecule has 15 heavy (non-hydrogen) atoms. The van der Waals surface area contributed by atoms with Crippen LogP contribution in [-0.4, -0.2) is 37.6 Å². The highest BCUT2D eigenvalue weighted by Crippen LogP contribution is 2.35. The summed E-state index contributed by atoms with van der Waals surface area (Å²) < 4.78 is 0. The zero-order chi connectivity index (χ0) is 10.7. The minimum Gasteiger partial charge on any atom is -0.316 e. The fourth-order valence-electron chi connectivity index (χ4n) is 2.85. The van der Waals surface area contributed by atoms with Crippen molar-refractivity contribution in [2.45, 2.75) is 26.7 Å². The van der Waals surface area contributed by atoms with Gasteiger partial charge in [-0.1, -0.05) is 26.0 Å². The van der Waals surface area contributed by atoms with Crippen LogP contribution < -0.4 is 5.32 Å². The van der Waals surface area contributed by atoms with Gasteiger partial charge in [0.15, 0.2) is 0 Å². The first-order valence-electron chi connectivity index (χ1n) is 6.31. The molecule has 0 aromatic rings. The zero-order valence-corrected chi connectivity index (χ0v) is 10.1. The Morgan fingerprint density at radius 1 is 1.40 bits per heavy atom. The molecule has 2 heteroatoms. The van der Waals surface area contributed by atoms with E-state index in [1.54, 1.807) is 0 Å². The zero-order valence-electron chi connectivity index (χ0n) is 10.1. The third-order valence-corrected chi connectivity index (χ3v) is 4.18. The molecule has 0 saturated carbocycles. The molecule has 0 aromatic heterocycles. The summed E-state index contributed by atoms with van der Waals surface area (Å²) in [6, 6.07) is 0. The highest BCUT2D eigenvalue weighted by Gasteiger charge is 2.38. The van der Waals surface area contributed by atoms with Gasteiger partial charge in [0.25, 0.3) is 0 Å². The monoisotopic (exact) mass is 208 g/mol. The van der Waals surface area contributed by atoms with Gasteiger partial charge in [0.05, 0.1) is 0 Å². The van der Waals surface area contributed by atoms with Crippen LogP contribution in [-0.2, 0) is 0 Å². The average Bonchev–Trinajstić information content (AvgIpc) is 2.69. The van der Waals surface area contributed by atoms with E-state index in [-0.39, 0.29) is 0 Å². The first-order valence-corrected chi connectivity index (χ1v) is 6.31. The third-order valence-electron chi connectivity index (χ3n) is 4.18. The lowest BCUT2D eigenvalue weighted by Crippen LogP contribution is -2.43. The molecule has 2 aliphatic rings. The van der Waals surface area contributed by atoms with Gasteiger partial charge in [-0.05, 0) is 30.7 Å². The largest absolute Gasteiger partial charge is 0.316 e. The highest BCUT2D eigenvalue weighted by atomic mass is 15.1. The van der Waals surface area contributed by atoms with Crippen molar-refractivity contribution in [1.29, 1.82) is 0 Å². The first-order chi connectivity index (χ1) is 7.23. The van der Waals surface area contributed by atoms with Crippen molar-refractivity contribution in [1.82, 2.24) is 10.2 Å². The lowest BCUT2D eigenvalue weighted by molar-refractivity contribution is 0.124. The van der Waals surface area contributed by atoms with Gasteiger partial charge in [-0.3, -0.25) is 4.90 Å². The second-order valence-electron chi connectivity index (χ2n) is 5.44. The van der Waals surface area contributed by atoms with Crippen molar-refractivity contribution >= 4 is 0 Å². The average molecular weight is 208 g/mol. The van der Waals surface area contributed by atoms with Crippen LogP contribution in [0.2, 0.25) is 0 Å². The summed E-state index contributed by atoms with van der Waals surface area (Å²) in [4.78, 5) is 2.62. The summed E-state index contributed by atoms with van der Waals surface area (Å²) in [6.07, 6.45) is 7.22. The maximum atomic E-state index is 3.54. The molecule has 0 amide bonds. The van der Waals surface area contributed by atoms with Crippen LogP contribution in [0, 0.1) is 11.3 Å². The van der Waals surface area contributed by atoms with Gasteiger partial charge in [0.1, 0.15) is 0 Å². The molecule has 1 unspecified atom stereocenters. The highest BCUT2D eigenvalue weighted by molar-refractivity contribution is 4.97. The van der Waals surface area contributed by atoms with Crippen molar-refractivity contribution in [2.75, 3.05) is 32.7 Å². The second kappa shape index (κ2) is 4.67. The molecule has 2 aliphatic heterocycles. The molecule has 0 spiro atoms. The fourth-order valence-corrected chi connectivity index (χ4v) is 2.85. The van der Waals surface area contributed by atoms with Gasteiger partial charge < -0.3 is 5.32 Å². The summed E-state index contributed by atoms with van der Waals surface area (Å²) >= 11 is 0. The SMILES string of the molecule is CC(C)C1(CN2CC=CCC2)CCNC1. The number of rotatable bonds is 3. The van der Waals surface area contributed by atoms with Gasteiger partial charge in [0, 0.05) is 26.2 Å². The molecule has 1 saturated heterocycles. The Kier molecular flexibility index (Phi) is 3.47. The Hall–Kier alpha value is -0.340. The Labute approximate surface area is 93.7 Å². The number of hydrogen-bond donors (Lipinski definition) is 1. The van der Waals surface area contributed by atoms with Gasteiger partial charge in [-0.25, -0.2) is 0 Å². The Morgan fingerprint density at radius 2 is 2.27 bits per heavy atom. The molecule has 86 valence electrons. The summed E-state index contributed by atoms with van der Waals surface area (Å²) in [5, 5.41) is 3.54. The van der Waals surface area contributed by atoms with E-state index in [1.807, 2.05) is 0 Å². The van der Waals surface area contributed by atoms with Gasteiger partial charge in [-0.15, -0.1) is 0 Å². The molecule has 2 heterocycles. The van der Waals surface area contributed by atoms with E-state index < -0.39 is 0 Å². The van der Waals surface area contributed by atoms with E-state index >= 15 is 0 Å². The van der Waals surface area contributed by atoms with Crippen LogP contribution in [0.3, 0.4) is 0 Å². The predicted molar refractivity (Wildman–Crippen MR) is 65.0 cm³/mol. The Balaban J connectivity index is 1.97. The summed E-state index contributed by atoms with van der Waals surface area (Å²) in [7, 11) is 0. The van der Waals surface area contributed by atoms with E-state index in [1.165, 1.54) is 39.0 Å². The quantitative estimate of drug-likeness (QED) is 0.713. The minimum absolute atomic E-state index is 0.533. The maximum Gasteiger partial charge on any atom is 0.0163 e. The van der Waals surface area contributed by atoms with Gasteiger partial charge >= 0.3 is 0 Å². The van der Waals surface area contributed by atoms with Crippen molar-refractivity contribution in [3.63, 3.8) is 0 Å². The molecule has 1 atom stereocenters. The number of nitrogens with one attached hydrogen (secondary N) is 1. The molecule has 2 rings (SSSR count). The summed E-state index contributed by atoms with van der Waals surface area (Å²) in [6.45, 7) is 10.9. The molecule has 2 nitrogen and oxygen atoms in total. The normalized spacial score (nSPS) is 32.7. The van der Waals surface area contributed by atoms with Crippen LogP contribution in [0.15, 0.2) is 12.2 Å². The fraction of sp³-hybridized carbons (Fsp3) is 0.846. The van der Waals surface area contributed by atoms with E-state index in [4.69, 9.17) is 0 Å². The van der Waals surface area contributed by atoms with Crippen molar-refractivity contribution in [2.24, 2.45) is 11.3 Å². The molecular formula is C13H24N2. The van der Waals surface area contributed by atoms with Gasteiger partial charge in [-0.2, -0.15) is 0 Å². The van der Waals surface area contributed by atoms with Crippen LogP contribution in [0.5, 0.6) is 0 Å². The first kappa shape index (κ1) is 11.2. The van der Waals surface area contributed by atoms with E-state index in [9.17, 15) is 0 Å². The van der Waals surface area contributed by atoms with E-state index in [0.717, 1.165) is 12.5 Å². The summed E-state index contributed by atoms with van der Waals surface area (Å²) in [5.74, 6) is 0.790. The van der Waals surface area contributed by atoms with Crippen LogP contribution in [0.4, 0.5) is 0 Å². The van der Waals surface area contributed by atoms with Crippen LogP contribution in [0.25, 0.3) is 0 Å². The molecule has 0 radical (unpaired) electrons. The number of hydrogen-bond acceptors (Lipinski definition) is 2. The van der Waals surface area contributed by atoms with Crippen LogP contribution in [0.1, 0.15) is 26.7 Å². The molecule has 1 fully saturated rings. The van der Waals surface area contributed by atoms with E-state index in [2.05, 4.69) is 36.2 Å². The smallest absolute Gasteiger partial charge is 0.0163 e. The van der Waals surface area contributed by atoms with E-state index in [0.29, 0.717) is 5.41 Å². The Morgan fingerprint density at radius 3 is 2.80 bits per heavy atom. The van der Waals surface area contributed by atoms with Gasteiger partial charge in [0.2, 0.25) is 0 Å². The van der Waals surface area contributed by atoms with Crippen LogP contribution >= 0.6 is 0 Å². The topological polar surface area (TPSA) is 15.3 Å². The maximum absolute atomic E-state index is 3.54. The molecule has 0 aromatic carbocycles. The number of nitrogens with zero attached hydrogens (tertiary/aromatic N) is 1. The lowest BCUT2D eigenvalue weighted by Gasteiger charge is -2.38. The van der Waals surface area contributed by atoms with Crippen molar-refractivity contribution in [3.8, 4) is 0 Å². The molecule has 1 N–H and O–H groups in total. The minimum atomic E-state index is 0.533. The standard InChI is InChI=1S/C13H24N2/c1-12(2)13(6-7-14-10-13)11-15-8-4-3-5-9-15/h3-4,12,14H,5-11H2,1-2H3. The molecule has 0 aliphatic carbocycles. The molecule has 0 bridgehead atoms. The second-order valence-corrected chi connectivity index (χ2v) is 5.44. The lowest BCUT2D eigenvalue weighted by atomic mass is 9.76. The third kappa shape index (κ3) is 2.43. The summed E-state index contributed by atoms with van der Waals surface area (Å²) in [5.41, 5.74) is 0.533. The Bertz CT molecular complexity index is 227. The predicted octanol–water partition coefficient (Wildman–Crippen LogP) is 1.88. The molecular weight excluding hydrogens is 184 g/mol. The van der Waals surface area contributed by atoms with Crippen molar-refractivity contribution in [3.05, 3.63) is 12.2 Å². The van der Waals surface area contributed by atoms with Crippen molar-refractivity contribution < 1.29 is 0 Å².